The van der Waals surface area contributed by atoms with Crippen LogP contribution in [0.4, 0.5) is 0 Å². The second-order valence-electron chi connectivity index (χ2n) is 12.5. The maximum Gasteiger partial charge on any atom is 0.153 e. The highest BCUT2D eigenvalue weighted by Gasteiger charge is 2.16. The van der Waals surface area contributed by atoms with Crippen molar-refractivity contribution in [3.05, 3.63) is 99.9 Å². The summed E-state index contributed by atoms with van der Waals surface area (Å²) in [5, 5.41) is 0.347. The van der Waals surface area contributed by atoms with E-state index in [9.17, 15) is 4.79 Å². The molecule has 6 nitrogen and oxygen atoms in total. The van der Waals surface area contributed by atoms with E-state index in [4.69, 9.17) is 25.8 Å². The molecule has 1 aliphatic heterocycles. The third-order valence-electron chi connectivity index (χ3n) is 9.23. The molecule has 0 aliphatic carbocycles. The zero-order valence-corrected chi connectivity index (χ0v) is 28.9. The third kappa shape index (κ3) is 9.70. The highest BCUT2D eigenvalue weighted by molar-refractivity contribution is 6.32. The SMILES string of the molecule is C=C(/C(C)=C(\C)COc1cc(OCc2cncc(C(C)C(C)CC)c2)c(C=O)cc1Cl)c1cccc(OCCCN2CCCC2)c1. The standard InChI is InChI=1S/C39H49ClN2O4/c1-7-27(2)30(5)34-18-32(22-41-23-34)26-46-38-21-39(37(40)20-35(38)24-43)45-25-28(3)29(4)31(6)33-12-10-13-36(19-33)44-17-11-16-42-14-8-9-15-42/h10,12-13,18-24,27,30H,6-9,11,14-17,25-26H2,1-5H3/b29-28+. The molecule has 2 aromatic carbocycles. The lowest BCUT2D eigenvalue weighted by Crippen LogP contribution is -2.21. The van der Waals surface area contributed by atoms with Crippen LogP contribution in [0.5, 0.6) is 17.2 Å². The number of carbonyl (C=O) groups excluding carboxylic acids is 1. The molecular weight excluding hydrogens is 596 g/mol. The Morgan fingerprint density at radius 3 is 2.57 bits per heavy atom. The topological polar surface area (TPSA) is 60.9 Å². The molecule has 1 fully saturated rings. The van der Waals surface area contributed by atoms with Gasteiger partial charge in [-0.1, -0.05) is 57.5 Å². The number of ether oxygens (including phenoxy) is 3. The Labute approximate surface area is 280 Å². The molecule has 0 saturated carbocycles. The van der Waals surface area contributed by atoms with Gasteiger partial charge in [-0.2, -0.15) is 0 Å². The van der Waals surface area contributed by atoms with Gasteiger partial charge in [0.25, 0.3) is 0 Å². The van der Waals surface area contributed by atoms with Gasteiger partial charge in [0.1, 0.15) is 30.5 Å². The molecule has 0 N–H and O–H groups in total. The Kier molecular flexibility index (Phi) is 13.3. The lowest BCUT2D eigenvalue weighted by molar-refractivity contribution is 0.111. The first-order valence-corrected chi connectivity index (χ1v) is 16.9. The summed E-state index contributed by atoms with van der Waals surface area (Å²) in [5.74, 6) is 2.65. The molecule has 1 saturated heterocycles. The molecular formula is C39H49ClN2O4. The largest absolute Gasteiger partial charge is 0.494 e. The maximum atomic E-state index is 11.9. The first-order valence-electron chi connectivity index (χ1n) is 16.5. The molecule has 2 heterocycles. The number of benzene rings is 2. The summed E-state index contributed by atoms with van der Waals surface area (Å²) in [5.41, 5.74) is 6.44. The van der Waals surface area contributed by atoms with E-state index in [1.165, 1.54) is 31.5 Å². The first-order chi connectivity index (χ1) is 22.2. The summed E-state index contributed by atoms with van der Waals surface area (Å²) >= 11 is 6.52. The van der Waals surface area contributed by atoms with E-state index in [1.807, 2.05) is 44.3 Å². The molecule has 246 valence electrons. The quantitative estimate of drug-likeness (QED) is 0.0828. The van der Waals surface area contributed by atoms with Crippen molar-refractivity contribution in [1.82, 2.24) is 9.88 Å². The molecule has 3 aromatic rings. The molecule has 7 heteroatoms. The highest BCUT2D eigenvalue weighted by atomic mass is 35.5. The Bertz CT molecular complexity index is 1510. The normalized spacial score (nSPS) is 15.2. The summed E-state index contributed by atoms with van der Waals surface area (Å²) in [6.45, 7) is 19.9. The van der Waals surface area contributed by atoms with Crippen LogP contribution in [0.15, 0.2) is 72.6 Å². The summed E-state index contributed by atoms with van der Waals surface area (Å²) in [6.07, 6.45) is 9.19. The Balaban J connectivity index is 1.37. The number of aromatic nitrogens is 1. The van der Waals surface area contributed by atoms with Gasteiger partial charge in [-0.3, -0.25) is 9.78 Å². The Hall–Kier alpha value is -3.61. The molecule has 0 bridgehead atoms. The van der Waals surface area contributed by atoms with Crippen molar-refractivity contribution in [3.63, 3.8) is 0 Å². The Morgan fingerprint density at radius 2 is 1.83 bits per heavy atom. The minimum Gasteiger partial charge on any atom is -0.494 e. The van der Waals surface area contributed by atoms with Crippen LogP contribution >= 0.6 is 11.6 Å². The van der Waals surface area contributed by atoms with E-state index < -0.39 is 0 Å². The van der Waals surface area contributed by atoms with Crippen LogP contribution < -0.4 is 14.2 Å². The minimum absolute atomic E-state index is 0.273. The van der Waals surface area contributed by atoms with E-state index >= 15 is 0 Å². The van der Waals surface area contributed by atoms with Gasteiger partial charge in [-0.25, -0.2) is 0 Å². The van der Waals surface area contributed by atoms with E-state index in [-0.39, 0.29) is 6.61 Å². The van der Waals surface area contributed by atoms with Gasteiger partial charge in [0.15, 0.2) is 6.29 Å². The van der Waals surface area contributed by atoms with Gasteiger partial charge in [-0.15, -0.1) is 0 Å². The fraction of sp³-hybridized carbons (Fsp3) is 0.436. The second kappa shape index (κ2) is 17.3. The molecule has 0 radical (unpaired) electrons. The zero-order valence-electron chi connectivity index (χ0n) is 28.1. The van der Waals surface area contributed by atoms with Crippen LogP contribution in [0, 0.1) is 5.92 Å². The van der Waals surface area contributed by atoms with Crippen LogP contribution in [0.25, 0.3) is 5.57 Å². The predicted octanol–water partition coefficient (Wildman–Crippen LogP) is 9.57. The van der Waals surface area contributed by atoms with Crippen molar-refractivity contribution in [2.24, 2.45) is 5.92 Å². The number of allylic oxidation sites excluding steroid dienone is 2. The molecule has 1 aliphatic rings. The summed E-state index contributed by atoms with van der Waals surface area (Å²) in [4.78, 5) is 18.8. The second-order valence-corrected chi connectivity index (χ2v) is 12.9. The van der Waals surface area contributed by atoms with E-state index in [0.29, 0.717) is 47.1 Å². The third-order valence-corrected chi connectivity index (χ3v) is 9.53. The molecule has 2 unspecified atom stereocenters. The number of aldehydes is 1. The van der Waals surface area contributed by atoms with Crippen molar-refractivity contribution in [3.8, 4) is 17.2 Å². The lowest BCUT2D eigenvalue weighted by Gasteiger charge is -2.19. The molecule has 2 atom stereocenters. The van der Waals surface area contributed by atoms with Crippen LogP contribution in [0.2, 0.25) is 5.02 Å². The van der Waals surface area contributed by atoms with Gasteiger partial charge >= 0.3 is 0 Å². The van der Waals surface area contributed by atoms with Gasteiger partial charge in [0.05, 0.1) is 17.2 Å². The van der Waals surface area contributed by atoms with Gasteiger partial charge < -0.3 is 19.1 Å². The number of hydrogen-bond acceptors (Lipinski definition) is 6. The van der Waals surface area contributed by atoms with E-state index in [2.05, 4.69) is 43.3 Å². The number of rotatable bonds is 17. The van der Waals surface area contributed by atoms with Crippen molar-refractivity contribution in [2.75, 3.05) is 32.8 Å². The summed E-state index contributed by atoms with van der Waals surface area (Å²) in [6, 6.07) is 13.5. The summed E-state index contributed by atoms with van der Waals surface area (Å²) < 4.78 is 18.3. The van der Waals surface area contributed by atoms with Crippen LogP contribution in [-0.4, -0.2) is 49.0 Å². The number of halogens is 1. The number of pyridine rings is 1. The van der Waals surface area contributed by atoms with Crippen LogP contribution in [-0.2, 0) is 6.61 Å². The lowest BCUT2D eigenvalue weighted by atomic mass is 9.88. The fourth-order valence-electron chi connectivity index (χ4n) is 5.58. The fourth-order valence-corrected chi connectivity index (χ4v) is 5.81. The predicted molar refractivity (Wildman–Crippen MR) is 188 cm³/mol. The average molecular weight is 645 g/mol. The number of hydrogen-bond donors (Lipinski definition) is 0. The van der Waals surface area contributed by atoms with Crippen molar-refractivity contribution in [2.45, 2.75) is 72.8 Å². The van der Waals surface area contributed by atoms with Crippen molar-refractivity contribution < 1.29 is 19.0 Å². The van der Waals surface area contributed by atoms with Crippen LogP contribution in [0.3, 0.4) is 0 Å². The molecule has 46 heavy (non-hydrogen) atoms. The maximum absolute atomic E-state index is 11.9. The molecule has 0 amide bonds. The molecule has 1 aromatic heterocycles. The average Bonchev–Trinajstić information content (AvgIpc) is 3.61. The molecule has 4 rings (SSSR count). The van der Waals surface area contributed by atoms with Gasteiger partial charge in [0.2, 0.25) is 0 Å². The van der Waals surface area contributed by atoms with E-state index in [0.717, 1.165) is 59.3 Å². The highest BCUT2D eigenvalue weighted by Crippen LogP contribution is 2.34. The van der Waals surface area contributed by atoms with Crippen molar-refractivity contribution >= 4 is 23.5 Å². The first kappa shape index (κ1) is 35.2. The Morgan fingerprint density at radius 1 is 1.04 bits per heavy atom. The van der Waals surface area contributed by atoms with Crippen molar-refractivity contribution in [1.29, 1.82) is 0 Å². The van der Waals surface area contributed by atoms with Gasteiger partial charge in [0, 0.05) is 30.6 Å². The van der Waals surface area contributed by atoms with Gasteiger partial charge in [-0.05, 0) is 110 Å². The smallest absolute Gasteiger partial charge is 0.153 e. The number of nitrogens with zero attached hydrogens (tertiary/aromatic N) is 2. The minimum atomic E-state index is 0.273. The number of carbonyl (C=O) groups is 1. The summed E-state index contributed by atoms with van der Waals surface area (Å²) in [7, 11) is 0. The number of likely N-dealkylation sites (tertiary alicyclic amines) is 1. The van der Waals surface area contributed by atoms with E-state index in [1.54, 1.807) is 18.3 Å². The van der Waals surface area contributed by atoms with Crippen LogP contribution in [0.1, 0.15) is 93.3 Å². The monoisotopic (exact) mass is 644 g/mol. The molecule has 0 spiro atoms. The zero-order chi connectivity index (χ0) is 33.1.